The summed E-state index contributed by atoms with van der Waals surface area (Å²) in [4.78, 5) is 22.8. The fraction of sp³-hybridized carbons (Fsp3) is 0.346. The number of methoxy groups -OCH3 is 2. The Bertz CT molecular complexity index is 1390. The maximum atomic E-state index is 13.4. The second kappa shape index (κ2) is 9.62. The molecule has 0 bridgehead atoms. The van der Waals surface area contributed by atoms with Gasteiger partial charge in [-0.15, -0.1) is 0 Å². The van der Waals surface area contributed by atoms with Crippen molar-refractivity contribution < 1.29 is 14.3 Å². The highest BCUT2D eigenvalue weighted by molar-refractivity contribution is 6.33. The first-order valence-corrected chi connectivity index (χ1v) is 12.1. The van der Waals surface area contributed by atoms with Gasteiger partial charge >= 0.3 is 0 Å². The van der Waals surface area contributed by atoms with Crippen LogP contribution in [0.1, 0.15) is 48.3 Å². The second-order valence-corrected chi connectivity index (χ2v) is 9.23. The Morgan fingerprint density at radius 1 is 1.09 bits per heavy atom. The van der Waals surface area contributed by atoms with E-state index in [-0.39, 0.29) is 11.9 Å². The van der Waals surface area contributed by atoms with E-state index in [9.17, 15) is 4.79 Å². The Labute approximate surface area is 208 Å². The Balaban J connectivity index is 1.69. The van der Waals surface area contributed by atoms with Crippen molar-refractivity contribution in [3.63, 3.8) is 0 Å². The minimum Gasteiger partial charge on any atom is -0.493 e. The number of aromatic nitrogens is 3. The van der Waals surface area contributed by atoms with Gasteiger partial charge in [-0.05, 0) is 31.4 Å². The van der Waals surface area contributed by atoms with Crippen molar-refractivity contribution in [2.75, 3.05) is 19.5 Å². The smallest absolute Gasteiger partial charge is 0.287 e. The highest BCUT2D eigenvalue weighted by Gasteiger charge is 2.23. The topological polar surface area (TPSA) is 89.8 Å². The van der Waals surface area contributed by atoms with Gasteiger partial charge in [0.25, 0.3) is 5.91 Å². The van der Waals surface area contributed by atoms with Crippen LogP contribution in [0.15, 0.2) is 36.5 Å². The summed E-state index contributed by atoms with van der Waals surface area (Å²) in [5.74, 6) is 1.70. The highest BCUT2D eigenvalue weighted by Crippen LogP contribution is 2.36. The lowest BCUT2D eigenvalue weighted by atomic mass is 9.95. The third-order valence-electron chi connectivity index (χ3n) is 6.57. The number of hydrogen-bond donors (Lipinski definition) is 2. The molecule has 2 aromatic heterocycles. The van der Waals surface area contributed by atoms with Gasteiger partial charge in [-0.25, -0.2) is 9.97 Å². The zero-order valence-electron chi connectivity index (χ0n) is 20.0. The van der Waals surface area contributed by atoms with Gasteiger partial charge in [-0.3, -0.25) is 9.20 Å². The first kappa shape index (κ1) is 23.2. The minimum atomic E-state index is -0.209. The lowest BCUT2D eigenvalue weighted by molar-refractivity contribution is 0.0917. The molecule has 1 fully saturated rings. The van der Waals surface area contributed by atoms with Crippen LogP contribution in [0.2, 0.25) is 5.02 Å². The van der Waals surface area contributed by atoms with E-state index < -0.39 is 0 Å². The van der Waals surface area contributed by atoms with Crippen LogP contribution in [-0.4, -0.2) is 40.5 Å². The standard InChI is InChI=1S/C26H28ClN5O3/c1-15-8-7-11-17(27)23(15)31-24-20-14-28-25(26(33)29-16-9-5-4-6-10-16)32(20)19-13-22(35-3)21(34-2)12-18(19)30-24/h7-8,11-14,16H,4-6,9-10H2,1-3H3,(H,29,33)(H,30,31). The van der Waals surface area contributed by atoms with Crippen LogP contribution in [0.3, 0.4) is 0 Å². The first-order valence-electron chi connectivity index (χ1n) is 11.8. The van der Waals surface area contributed by atoms with Crippen LogP contribution in [0.25, 0.3) is 16.6 Å². The number of para-hydroxylation sites is 1. The largest absolute Gasteiger partial charge is 0.493 e. The summed E-state index contributed by atoms with van der Waals surface area (Å²) in [5, 5.41) is 7.12. The number of amides is 1. The van der Waals surface area contributed by atoms with E-state index in [4.69, 9.17) is 26.1 Å². The number of ether oxygens (including phenoxy) is 2. The predicted molar refractivity (Wildman–Crippen MR) is 137 cm³/mol. The van der Waals surface area contributed by atoms with E-state index in [0.717, 1.165) is 36.9 Å². The van der Waals surface area contributed by atoms with Crippen LogP contribution in [0.5, 0.6) is 11.5 Å². The average molecular weight is 494 g/mol. The van der Waals surface area contributed by atoms with Crippen LogP contribution in [0, 0.1) is 6.92 Å². The van der Waals surface area contributed by atoms with Crippen molar-refractivity contribution in [2.45, 2.75) is 45.1 Å². The highest BCUT2D eigenvalue weighted by atomic mass is 35.5. The molecule has 0 saturated heterocycles. The molecule has 35 heavy (non-hydrogen) atoms. The molecule has 8 nitrogen and oxygen atoms in total. The molecule has 1 amide bonds. The lowest BCUT2D eigenvalue weighted by Gasteiger charge is -2.22. The lowest BCUT2D eigenvalue weighted by Crippen LogP contribution is -2.37. The summed E-state index contributed by atoms with van der Waals surface area (Å²) in [7, 11) is 3.16. The van der Waals surface area contributed by atoms with Crippen molar-refractivity contribution in [1.82, 2.24) is 19.7 Å². The molecule has 0 aliphatic heterocycles. The Kier molecular flexibility index (Phi) is 6.38. The van der Waals surface area contributed by atoms with Crippen molar-refractivity contribution in [1.29, 1.82) is 0 Å². The van der Waals surface area contributed by atoms with Gasteiger partial charge in [-0.1, -0.05) is 43.0 Å². The third kappa shape index (κ3) is 4.34. The van der Waals surface area contributed by atoms with Gasteiger partial charge in [0.1, 0.15) is 5.52 Å². The first-order chi connectivity index (χ1) is 17.0. The molecule has 1 aliphatic carbocycles. The van der Waals surface area contributed by atoms with E-state index >= 15 is 0 Å². The number of halogens is 1. The molecule has 0 spiro atoms. The quantitative estimate of drug-likeness (QED) is 0.360. The molecule has 5 rings (SSSR count). The summed E-state index contributed by atoms with van der Waals surface area (Å²) in [6.45, 7) is 1.97. The molecule has 2 N–H and O–H groups in total. The molecule has 0 atom stereocenters. The van der Waals surface area contributed by atoms with E-state index in [2.05, 4.69) is 15.6 Å². The van der Waals surface area contributed by atoms with Gasteiger partial charge < -0.3 is 20.1 Å². The third-order valence-corrected chi connectivity index (χ3v) is 6.88. The molecule has 4 aromatic rings. The molecular weight excluding hydrogens is 466 g/mol. The second-order valence-electron chi connectivity index (χ2n) is 8.82. The number of carbonyl (C=O) groups excluding carboxylic acids is 1. The molecule has 182 valence electrons. The van der Waals surface area contributed by atoms with Gasteiger partial charge in [0.2, 0.25) is 5.82 Å². The average Bonchev–Trinajstić information content (AvgIpc) is 3.32. The minimum absolute atomic E-state index is 0.162. The van der Waals surface area contributed by atoms with E-state index in [1.165, 1.54) is 6.42 Å². The van der Waals surface area contributed by atoms with Gasteiger partial charge in [0, 0.05) is 18.2 Å². The summed E-state index contributed by atoms with van der Waals surface area (Å²) in [6, 6.07) is 9.46. The number of nitrogens with one attached hydrogen (secondary N) is 2. The normalized spacial score (nSPS) is 14.3. The van der Waals surface area contributed by atoms with Crippen molar-refractivity contribution in [3.05, 3.63) is 52.9 Å². The Morgan fingerprint density at radius 3 is 2.54 bits per heavy atom. The van der Waals surface area contributed by atoms with Crippen molar-refractivity contribution >= 4 is 45.6 Å². The maximum absolute atomic E-state index is 13.4. The molecular formula is C26H28ClN5O3. The van der Waals surface area contributed by atoms with Crippen LogP contribution < -0.4 is 20.1 Å². The fourth-order valence-electron chi connectivity index (χ4n) is 4.72. The summed E-state index contributed by atoms with van der Waals surface area (Å²) >= 11 is 6.49. The molecule has 9 heteroatoms. The number of rotatable bonds is 6. The van der Waals surface area contributed by atoms with E-state index in [1.54, 1.807) is 26.5 Å². The zero-order valence-corrected chi connectivity index (χ0v) is 20.8. The zero-order chi connectivity index (χ0) is 24.5. The number of nitrogens with zero attached hydrogens (tertiary/aromatic N) is 3. The number of anilines is 2. The van der Waals surface area contributed by atoms with Gasteiger partial charge in [0.05, 0.1) is 42.2 Å². The van der Waals surface area contributed by atoms with Gasteiger partial charge in [-0.2, -0.15) is 0 Å². The van der Waals surface area contributed by atoms with Crippen LogP contribution in [-0.2, 0) is 0 Å². The molecule has 2 aromatic carbocycles. The molecule has 1 aliphatic rings. The number of aryl methyl sites for hydroxylation is 1. The van der Waals surface area contributed by atoms with Crippen molar-refractivity contribution in [2.24, 2.45) is 0 Å². The molecule has 0 unspecified atom stereocenters. The van der Waals surface area contributed by atoms with E-state index in [0.29, 0.717) is 44.7 Å². The summed E-state index contributed by atoms with van der Waals surface area (Å²) in [6.07, 6.45) is 7.10. The predicted octanol–water partition coefficient (Wildman–Crippen LogP) is 5.67. The summed E-state index contributed by atoms with van der Waals surface area (Å²) < 4.78 is 12.8. The molecule has 2 heterocycles. The Morgan fingerprint density at radius 2 is 1.83 bits per heavy atom. The number of benzene rings is 2. The van der Waals surface area contributed by atoms with Crippen LogP contribution >= 0.6 is 11.6 Å². The molecule has 1 saturated carbocycles. The SMILES string of the molecule is COc1cc2nc(Nc3c(C)cccc3Cl)c3cnc(C(=O)NC4CCCCC4)n3c2cc1OC. The number of hydrogen-bond acceptors (Lipinski definition) is 6. The number of imidazole rings is 1. The van der Waals surface area contributed by atoms with Gasteiger partial charge in [0.15, 0.2) is 17.3 Å². The maximum Gasteiger partial charge on any atom is 0.287 e. The van der Waals surface area contributed by atoms with Crippen molar-refractivity contribution in [3.8, 4) is 11.5 Å². The summed E-state index contributed by atoms with van der Waals surface area (Å²) in [5.41, 5.74) is 3.67. The van der Waals surface area contributed by atoms with E-state index in [1.807, 2.05) is 35.6 Å². The monoisotopic (exact) mass is 493 g/mol. The van der Waals surface area contributed by atoms with Crippen LogP contribution in [0.4, 0.5) is 11.5 Å². The number of carbonyl (C=O) groups is 1. The number of fused-ring (bicyclic) bond motifs is 3. The fourth-order valence-corrected chi connectivity index (χ4v) is 4.99. The Hall–Kier alpha value is -3.52. The molecule has 0 radical (unpaired) electrons.